The number of alkyl halides is 3. The van der Waals surface area contributed by atoms with Gasteiger partial charge in [-0.05, 0) is 30.2 Å². The molecule has 1 aromatic rings. The van der Waals surface area contributed by atoms with Gasteiger partial charge in [-0.25, -0.2) is 0 Å². The summed E-state index contributed by atoms with van der Waals surface area (Å²) in [4.78, 5) is 0. The molecular formula is C11H11BrF3N. The predicted molar refractivity (Wildman–Crippen MR) is 60.9 cm³/mol. The Bertz CT molecular complexity index is 387. The molecule has 1 unspecified atom stereocenters. The van der Waals surface area contributed by atoms with Gasteiger partial charge < -0.3 is 5.73 Å². The molecular weight excluding hydrogens is 283 g/mol. The van der Waals surface area contributed by atoms with Crippen molar-refractivity contribution in [2.45, 2.75) is 18.6 Å². The summed E-state index contributed by atoms with van der Waals surface area (Å²) >= 11 is 3.19. The van der Waals surface area contributed by atoms with Gasteiger partial charge in [0.2, 0.25) is 0 Å². The zero-order chi connectivity index (χ0) is 12.3. The van der Waals surface area contributed by atoms with Crippen LogP contribution in [0.2, 0.25) is 0 Å². The predicted octanol–water partition coefficient (Wildman–Crippen LogP) is 4.04. The first-order valence-corrected chi connectivity index (χ1v) is 5.38. The molecule has 0 aromatic heterocycles. The minimum Gasteiger partial charge on any atom is -0.324 e. The Kier molecular flexibility index (Phi) is 4.15. The van der Waals surface area contributed by atoms with Gasteiger partial charge in [-0.2, -0.15) is 13.2 Å². The maximum Gasteiger partial charge on any atom is 0.416 e. The highest BCUT2D eigenvalue weighted by Crippen LogP contribution is 2.34. The average molecular weight is 294 g/mol. The SMILES string of the molecule is C=CCC(N)c1cc(C(F)(F)F)ccc1Br. The van der Waals surface area contributed by atoms with Crippen molar-refractivity contribution in [1.29, 1.82) is 0 Å². The molecule has 1 aromatic carbocycles. The second-order valence-corrected chi connectivity index (χ2v) is 4.22. The van der Waals surface area contributed by atoms with Gasteiger partial charge in [0.15, 0.2) is 0 Å². The maximum atomic E-state index is 12.5. The summed E-state index contributed by atoms with van der Waals surface area (Å²) in [6.45, 7) is 3.51. The highest BCUT2D eigenvalue weighted by atomic mass is 79.9. The molecule has 0 aliphatic carbocycles. The molecule has 0 aliphatic heterocycles. The first-order valence-electron chi connectivity index (χ1n) is 4.59. The molecule has 0 spiro atoms. The van der Waals surface area contributed by atoms with E-state index < -0.39 is 17.8 Å². The van der Waals surface area contributed by atoms with Crippen LogP contribution >= 0.6 is 15.9 Å². The summed E-state index contributed by atoms with van der Waals surface area (Å²) in [5.74, 6) is 0. The highest BCUT2D eigenvalue weighted by molar-refractivity contribution is 9.10. The third kappa shape index (κ3) is 3.09. The van der Waals surface area contributed by atoms with E-state index in [4.69, 9.17) is 5.73 Å². The number of hydrogen-bond acceptors (Lipinski definition) is 1. The van der Waals surface area contributed by atoms with Crippen LogP contribution in [0.4, 0.5) is 13.2 Å². The van der Waals surface area contributed by atoms with E-state index >= 15 is 0 Å². The molecule has 1 rings (SSSR count). The van der Waals surface area contributed by atoms with E-state index in [-0.39, 0.29) is 0 Å². The van der Waals surface area contributed by atoms with Gasteiger partial charge >= 0.3 is 6.18 Å². The molecule has 88 valence electrons. The summed E-state index contributed by atoms with van der Waals surface area (Å²) in [5, 5.41) is 0. The molecule has 0 heterocycles. The molecule has 0 saturated heterocycles. The van der Waals surface area contributed by atoms with E-state index in [0.717, 1.165) is 12.1 Å². The van der Waals surface area contributed by atoms with E-state index in [0.29, 0.717) is 16.5 Å². The zero-order valence-electron chi connectivity index (χ0n) is 8.39. The molecule has 0 fully saturated rings. The van der Waals surface area contributed by atoms with Crippen LogP contribution in [0.1, 0.15) is 23.6 Å². The smallest absolute Gasteiger partial charge is 0.324 e. The second kappa shape index (κ2) is 5.01. The lowest BCUT2D eigenvalue weighted by atomic mass is 10.0. The fourth-order valence-corrected chi connectivity index (χ4v) is 1.85. The Morgan fingerprint density at radius 1 is 1.44 bits per heavy atom. The molecule has 0 amide bonds. The molecule has 0 saturated carbocycles. The lowest BCUT2D eigenvalue weighted by Gasteiger charge is -2.15. The second-order valence-electron chi connectivity index (χ2n) is 3.36. The van der Waals surface area contributed by atoms with Gasteiger partial charge in [0, 0.05) is 10.5 Å². The molecule has 0 aliphatic rings. The fraction of sp³-hybridized carbons (Fsp3) is 0.273. The molecule has 5 heteroatoms. The largest absolute Gasteiger partial charge is 0.416 e. The van der Waals surface area contributed by atoms with E-state index in [2.05, 4.69) is 22.5 Å². The summed E-state index contributed by atoms with van der Waals surface area (Å²) in [6, 6.07) is 2.97. The normalized spacial score (nSPS) is 13.6. The van der Waals surface area contributed by atoms with Crippen LogP contribution in [0.25, 0.3) is 0 Å². The van der Waals surface area contributed by atoms with Gasteiger partial charge in [-0.15, -0.1) is 6.58 Å². The number of rotatable bonds is 3. The van der Waals surface area contributed by atoms with Crippen molar-refractivity contribution in [2.75, 3.05) is 0 Å². The zero-order valence-corrected chi connectivity index (χ0v) is 9.98. The molecule has 1 nitrogen and oxygen atoms in total. The van der Waals surface area contributed by atoms with Gasteiger partial charge in [-0.3, -0.25) is 0 Å². The van der Waals surface area contributed by atoms with Gasteiger partial charge in [0.05, 0.1) is 5.56 Å². The molecule has 2 N–H and O–H groups in total. The van der Waals surface area contributed by atoms with Crippen molar-refractivity contribution in [3.8, 4) is 0 Å². The van der Waals surface area contributed by atoms with Crippen LogP contribution in [-0.4, -0.2) is 0 Å². The van der Waals surface area contributed by atoms with Crippen LogP contribution in [0, 0.1) is 0 Å². The number of nitrogens with two attached hydrogens (primary N) is 1. The van der Waals surface area contributed by atoms with Gasteiger partial charge in [0.1, 0.15) is 0 Å². The Hall–Kier alpha value is -0.810. The minimum atomic E-state index is -4.34. The molecule has 0 radical (unpaired) electrons. The number of benzene rings is 1. The minimum absolute atomic E-state index is 0.430. The third-order valence-corrected chi connectivity index (χ3v) is 2.87. The van der Waals surface area contributed by atoms with Crippen molar-refractivity contribution in [2.24, 2.45) is 5.73 Å². The Labute approximate surface area is 100 Å². The third-order valence-electron chi connectivity index (χ3n) is 2.14. The Balaban J connectivity index is 3.13. The van der Waals surface area contributed by atoms with Gasteiger partial charge in [0.25, 0.3) is 0 Å². The maximum absolute atomic E-state index is 12.5. The summed E-state index contributed by atoms with van der Waals surface area (Å²) in [7, 11) is 0. The van der Waals surface area contributed by atoms with Crippen molar-refractivity contribution in [1.82, 2.24) is 0 Å². The Morgan fingerprint density at radius 2 is 2.06 bits per heavy atom. The van der Waals surface area contributed by atoms with E-state index in [1.165, 1.54) is 6.07 Å². The van der Waals surface area contributed by atoms with Crippen LogP contribution in [0.5, 0.6) is 0 Å². The van der Waals surface area contributed by atoms with Crippen molar-refractivity contribution < 1.29 is 13.2 Å². The molecule has 1 atom stereocenters. The van der Waals surface area contributed by atoms with Crippen molar-refractivity contribution in [3.05, 3.63) is 46.5 Å². The average Bonchev–Trinajstić information content (AvgIpc) is 2.16. The monoisotopic (exact) mass is 293 g/mol. The summed E-state index contributed by atoms with van der Waals surface area (Å²) in [6.07, 6.45) is -2.33. The quantitative estimate of drug-likeness (QED) is 0.836. The lowest BCUT2D eigenvalue weighted by molar-refractivity contribution is -0.137. The standard InChI is InChI=1S/C11H11BrF3N/c1-2-3-10(16)8-6-7(11(13,14)15)4-5-9(8)12/h2,4-6,10H,1,3,16H2. The first kappa shape index (κ1) is 13.3. The van der Waals surface area contributed by atoms with Gasteiger partial charge in [-0.1, -0.05) is 22.0 Å². The topological polar surface area (TPSA) is 26.0 Å². The molecule has 16 heavy (non-hydrogen) atoms. The highest BCUT2D eigenvalue weighted by Gasteiger charge is 2.31. The summed E-state index contributed by atoms with van der Waals surface area (Å²) in [5.41, 5.74) is 5.50. The van der Waals surface area contributed by atoms with E-state index in [9.17, 15) is 13.2 Å². The van der Waals surface area contributed by atoms with Crippen LogP contribution < -0.4 is 5.73 Å². The van der Waals surface area contributed by atoms with E-state index in [1.807, 2.05) is 0 Å². The van der Waals surface area contributed by atoms with Crippen LogP contribution in [0.3, 0.4) is 0 Å². The van der Waals surface area contributed by atoms with Crippen LogP contribution in [0.15, 0.2) is 35.3 Å². The van der Waals surface area contributed by atoms with Crippen molar-refractivity contribution in [3.63, 3.8) is 0 Å². The number of hydrogen-bond donors (Lipinski definition) is 1. The van der Waals surface area contributed by atoms with Crippen molar-refractivity contribution >= 4 is 15.9 Å². The number of halogens is 4. The lowest BCUT2D eigenvalue weighted by Crippen LogP contribution is -2.12. The summed E-state index contributed by atoms with van der Waals surface area (Å²) < 4.78 is 38.0. The van der Waals surface area contributed by atoms with Crippen LogP contribution in [-0.2, 0) is 6.18 Å². The fourth-order valence-electron chi connectivity index (χ4n) is 1.31. The Morgan fingerprint density at radius 3 is 2.56 bits per heavy atom. The first-order chi connectivity index (χ1) is 7.36. The van der Waals surface area contributed by atoms with E-state index in [1.54, 1.807) is 6.08 Å². The molecule has 0 bridgehead atoms.